The number of carbonyl (C=O) groups excluding carboxylic acids is 2. The number of anilines is 1. The molecule has 1 aromatic heterocycles. The highest BCUT2D eigenvalue weighted by molar-refractivity contribution is 8.01. The number of hydrogen-bond donors (Lipinski definition) is 2. The average Bonchev–Trinajstić information content (AvgIpc) is 2.71. The van der Waals surface area contributed by atoms with E-state index in [0.29, 0.717) is 10.4 Å². The number of rotatable bonds is 6. The first-order valence-corrected chi connectivity index (χ1v) is 8.07. The van der Waals surface area contributed by atoms with Crippen LogP contribution in [0.1, 0.15) is 34.6 Å². The van der Waals surface area contributed by atoms with Gasteiger partial charge in [0.05, 0.1) is 0 Å². The van der Waals surface area contributed by atoms with E-state index in [4.69, 9.17) is 0 Å². The summed E-state index contributed by atoms with van der Waals surface area (Å²) in [5.74, 6) is -0.504. The van der Waals surface area contributed by atoms with Crippen LogP contribution in [0.5, 0.6) is 0 Å². The van der Waals surface area contributed by atoms with Gasteiger partial charge in [-0.05, 0) is 5.92 Å². The summed E-state index contributed by atoms with van der Waals surface area (Å²) in [6.45, 7) is 9.28. The predicted molar refractivity (Wildman–Crippen MR) is 82.0 cm³/mol. The van der Waals surface area contributed by atoms with Gasteiger partial charge in [-0.15, -0.1) is 10.2 Å². The topological polar surface area (TPSA) is 84.0 Å². The van der Waals surface area contributed by atoms with Crippen LogP contribution in [-0.2, 0) is 9.59 Å². The summed E-state index contributed by atoms with van der Waals surface area (Å²) in [7, 11) is 0. The van der Waals surface area contributed by atoms with Gasteiger partial charge in [0.2, 0.25) is 16.9 Å². The Morgan fingerprint density at radius 2 is 1.85 bits per heavy atom. The van der Waals surface area contributed by atoms with E-state index in [1.165, 1.54) is 18.3 Å². The minimum absolute atomic E-state index is 0.00340. The molecule has 20 heavy (non-hydrogen) atoms. The first kappa shape index (κ1) is 16.9. The van der Waals surface area contributed by atoms with Crippen molar-refractivity contribution in [2.24, 2.45) is 5.92 Å². The Balaban J connectivity index is 2.68. The molecule has 8 heteroatoms. The van der Waals surface area contributed by atoms with Crippen LogP contribution in [0, 0.1) is 5.92 Å². The normalized spacial score (nSPS) is 12.6. The number of nitrogens with zero attached hydrogens (tertiary/aromatic N) is 2. The smallest absolute Gasteiger partial charge is 0.249 e. The molecular formula is C12H20N4O2S2. The van der Waals surface area contributed by atoms with E-state index in [9.17, 15) is 9.59 Å². The van der Waals surface area contributed by atoms with Crippen LogP contribution in [-0.4, -0.2) is 33.3 Å². The molecule has 1 unspecified atom stereocenters. The van der Waals surface area contributed by atoms with Crippen molar-refractivity contribution in [1.82, 2.24) is 15.5 Å². The number of nitrogens with one attached hydrogen (secondary N) is 2. The molecule has 1 heterocycles. The van der Waals surface area contributed by atoms with E-state index in [1.54, 1.807) is 11.8 Å². The standard InChI is InChI=1S/C12H20N4O2S2/c1-6(2)9(13-8(5)17)10(18)14-11-15-16-12(20-11)19-7(3)4/h6-7,9H,1-5H3,(H,13,17)(H,14,15,18). The molecule has 0 fully saturated rings. The Morgan fingerprint density at radius 1 is 1.20 bits per heavy atom. The van der Waals surface area contributed by atoms with Crippen molar-refractivity contribution in [3.05, 3.63) is 0 Å². The van der Waals surface area contributed by atoms with Crippen LogP contribution in [0.2, 0.25) is 0 Å². The molecule has 0 bridgehead atoms. The van der Waals surface area contributed by atoms with E-state index < -0.39 is 6.04 Å². The molecule has 0 spiro atoms. The van der Waals surface area contributed by atoms with Gasteiger partial charge in [0.1, 0.15) is 6.04 Å². The monoisotopic (exact) mass is 316 g/mol. The fourth-order valence-electron chi connectivity index (χ4n) is 1.45. The van der Waals surface area contributed by atoms with Crippen LogP contribution in [0.4, 0.5) is 5.13 Å². The quantitative estimate of drug-likeness (QED) is 0.620. The maximum Gasteiger partial charge on any atom is 0.249 e. The maximum absolute atomic E-state index is 12.1. The second-order valence-corrected chi connectivity index (χ2v) is 7.75. The van der Waals surface area contributed by atoms with Gasteiger partial charge in [0.25, 0.3) is 0 Å². The molecule has 6 nitrogen and oxygen atoms in total. The molecule has 1 aromatic rings. The summed E-state index contributed by atoms with van der Waals surface area (Å²) in [4.78, 5) is 23.2. The van der Waals surface area contributed by atoms with Crippen molar-refractivity contribution in [3.8, 4) is 0 Å². The van der Waals surface area contributed by atoms with Gasteiger partial charge >= 0.3 is 0 Å². The summed E-state index contributed by atoms with van der Waals surface area (Å²) in [6, 6.07) is -0.572. The highest BCUT2D eigenvalue weighted by Crippen LogP contribution is 2.28. The minimum Gasteiger partial charge on any atom is -0.344 e. The Labute approximate surface area is 127 Å². The molecule has 0 saturated carbocycles. The zero-order chi connectivity index (χ0) is 15.3. The Hall–Kier alpha value is -1.15. The first-order chi connectivity index (χ1) is 9.29. The predicted octanol–water partition coefficient (Wildman–Crippen LogP) is 2.14. The van der Waals surface area contributed by atoms with Crippen molar-refractivity contribution in [2.45, 2.75) is 50.3 Å². The second kappa shape index (κ2) is 7.58. The van der Waals surface area contributed by atoms with Gasteiger partial charge in [-0.25, -0.2) is 0 Å². The van der Waals surface area contributed by atoms with Crippen LogP contribution in [0.3, 0.4) is 0 Å². The summed E-state index contributed by atoms with van der Waals surface area (Å²) in [5, 5.41) is 14.1. The first-order valence-electron chi connectivity index (χ1n) is 6.37. The molecule has 0 saturated heterocycles. The molecule has 0 radical (unpaired) electrons. The summed E-state index contributed by atoms with van der Waals surface area (Å²) < 4.78 is 0.816. The molecule has 112 valence electrons. The van der Waals surface area contributed by atoms with Crippen molar-refractivity contribution < 1.29 is 9.59 Å². The molecule has 0 aliphatic carbocycles. The van der Waals surface area contributed by atoms with Crippen molar-refractivity contribution in [3.63, 3.8) is 0 Å². The van der Waals surface area contributed by atoms with Crippen LogP contribution >= 0.6 is 23.1 Å². The molecule has 0 aliphatic heterocycles. The van der Waals surface area contributed by atoms with Gasteiger partial charge in [0.15, 0.2) is 4.34 Å². The van der Waals surface area contributed by atoms with Gasteiger partial charge in [-0.2, -0.15) is 0 Å². The fourth-order valence-corrected chi connectivity index (χ4v) is 3.42. The number of hydrogen-bond acceptors (Lipinski definition) is 6. The van der Waals surface area contributed by atoms with E-state index in [2.05, 4.69) is 34.7 Å². The van der Waals surface area contributed by atoms with E-state index in [1.807, 2.05) is 13.8 Å². The Morgan fingerprint density at radius 3 is 2.35 bits per heavy atom. The van der Waals surface area contributed by atoms with Crippen molar-refractivity contribution in [1.29, 1.82) is 0 Å². The van der Waals surface area contributed by atoms with Crippen LogP contribution in [0.25, 0.3) is 0 Å². The largest absolute Gasteiger partial charge is 0.344 e. The third-order valence-electron chi connectivity index (χ3n) is 2.28. The lowest BCUT2D eigenvalue weighted by Crippen LogP contribution is -2.46. The Kier molecular flexibility index (Phi) is 6.41. The summed E-state index contributed by atoms with van der Waals surface area (Å²) >= 11 is 2.93. The molecule has 0 aliphatic rings. The van der Waals surface area contributed by atoms with Crippen molar-refractivity contribution >= 4 is 40.0 Å². The number of thioether (sulfide) groups is 1. The third kappa shape index (κ3) is 5.46. The third-order valence-corrected chi connectivity index (χ3v) is 4.21. The SMILES string of the molecule is CC(=O)NC(C(=O)Nc1nnc(SC(C)C)s1)C(C)C. The van der Waals surface area contributed by atoms with Gasteiger partial charge in [-0.3, -0.25) is 14.9 Å². The van der Waals surface area contributed by atoms with Gasteiger partial charge in [0, 0.05) is 12.2 Å². The minimum atomic E-state index is -0.572. The van der Waals surface area contributed by atoms with Gasteiger partial charge in [-0.1, -0.05) is 50.8 Å². The summed E-state index contributed by atoms with van der Waals surface area (Å²) in [6.07, 6.45) is 0. The lowest BCUT2D eigenvalue weighted by Gasteiger charge is -2.19. The molecule has 1 rings (SSSR count). The lowest BCUT2D eigenvalue weighted by atomic mass is 10.0. The number of amides is 2. The Bertz CT molecular complexity index is 474. The second-order valence-electron chi connectivity index (χ2n) is 4.95. The highest BCUT2D eigenvalue weighted by atomic mass is 32.2. The molecule has 0 aromatic carbocycles. The molecule has 2 N–H and O–H groups in total. The van der Waals surface area contributed by atoms with E-state index in [0.717, 1.165) is 4.34 Å². The van der Waals surface area contributed by atoms with E-state index in [-0.39, 0.29) is 17.7 Å². The van der Waals surface area contributed by atoms with E-state index >= 15 is 0 Å². The number of carbonyl (C=O) groups is 2. The van der Waals surface area contributed by atoms with Gasteiger partial charge < -0.3 is 5.32 Å². The molecular weight excluding hydrogens is 296 g/mol. The van der Waals surface area contributed by atoms with Crippen molar-refractivity contribution in [2.75, 3.05) is 5.32 Å². The van der Waals surface area contributed by atoms with Crippen LogP contribution < -0.4 is 10.6 Å². The molecule has 1 atom stereocenters. The lowest BCUT2D eigenvalue weighted by molar-refractivity contribution is -0.126. The maximum atomic E-state index is 12.1. The summed E-state index contributed by atoms with van der Waals surface area (Å²) in [5.41, 5.74) is 0. The highest BCUT2D eigenvalue weighted by Gasteiger charge is 2.24. The zero-order valence-corrected chi connectivity index (χ0v) is 13.9. The zero-order valence-electron chi connectivity index (χ0n) is 12.3. The molecule has 2 amide bonds. The number of aromatic nitrogens is 2. The van der Waals surface area contributed by atoms with Crippen LogP contribution in [0.15, 0.2) is 4.34 Å². The average molecular weight is 316 g/mol. The fraction of sp³-hybridized carbons (Fsp3) is 0.667.